The first-order chi connectivity index (χ1) is 9.87. The summed E-state index contributed by atoms with van der Waals surface area (Å²) < 4.78 is 32.5. The standard InChI is InChI=1S/C12H11ClN2O3S3/c13-10-5-6-12(20-10)21(16,17)15-8-1-3-9(4-2-8)18-7-11(14)19/h1-6,15H,7H2,(H2,14,19). The highest BCUT2D eigenvalue weighted by molar-refractivity contribution is 7.94. The number of hydrogen-bond donors (Lipinski definition) is 2. The minimum Gasteiger partial charge on any atom is -0.487 e. The van der Waals surface area contributed by atoms with Crippen LogP contribution in [0.5, 0.6) is 5.75 Å². The SMILES string of the molecule is NC(=S)COc1ccc(NS(=O)(=O)c2ccc(Cl)s2)cc1. The number of hydrogen-bond acceptors (Lipinski definition) is 5. The Morgan fingerprint density at radius 3 is 2.48 bits per heavy atom. The number of thiocarbonyl (C=S) groups is 1. The Kier molecular flexibility index (Phi) is 5.04. The van der Waals surface area contributed by atoms with Gasteiger partial charge in [-0.25, -0.2) is 8.42 Å². The molecule has 0 saturated heterocycles. The van der Waals surface area contributed by atoms with Crippen LogP contribution in [0.1, 0.15) is 0 Å². The van der Waals surface area contributed by atoms with Crippen LogP contribution in [0.3, 0.4) is 0 Å². The molecule has 0 aliphatic carbocycles. The number of sulfonamides is 1. The molecule has 0 aliphatic heterocycles. The Balaban J connectivity index is 2.08. The molecule has 0 amide bonds. The summed E-state index contributed by atoms with van der Waals surface area (Å²) in [7, 11) is -3.63. The lowest BCUT2D eigenvalue weighted by Crippen LogP contribution is -2.17. The third kappa shape index (κ3) is 4.57. The van der Waals surface area contributed by atoms with E-state index < -0.39 is 10.0 Å². The maximum Gasteiger partial charge on any atom is 0.271 e. The van der Waals surface area contributed by atoms with Gasteiger partial charge in [-0.3, -0.25) is 4.72 Å². The van der Waals surface area contributed by atoms with Crippen LogP contribution in [-0.2, 0) is 10.0 Å². The van der Waals surface area contributed by atoms with Gasteiger partial charge in [0.2, 0.25) is 0 Å². The van der Waals surface area contributed by atoms with Crippen molar-refractivity contribution in [3.05, 3.63) is 40.7 Å². The lowest BCUT2D eigenvalue weighted by molar-refractivity contribution is 0.377. The molecule has 0 unspecified atom stereocenters. The molecule has 2 aromatic rings. The fourth-order valence-electron chi connectivity index (χ4n) is 1.42. The fourth-order valence-corrected chi connectivity index (χ4v) is 4.02. The van der Waals surface area contributed by atoms with Crippen molar-refractivity contribution in [2.75, 3.05) is 11.3 Å². The molecule has 3 N–H and O–H groups in total. The van der Waals surface area contributed by atoms with Crippen LogP contribution in [0.15, 0.2) is 40.6 Å². The molecule has 0 atom stereocenters. The zero-order valence-electron chi connectivity index (χ0n) is 10.6. The maximum absolute atomic E-state index is 12.1. The van der Waals surface area contributed by atoms with Gasteiger partial charge in [-0.2, -0.15) is 0 Å². The highest BCUT2D eigenvalue weighted by Crippen LogP contribution is 2.27. The van der Waals surface area contributed by atoms with E-state index in [1.807, 2.05) is 0 Å². The first-order valence-electron chi connectivity index (χ1n) is 5.66. The zero-order chi connectivity index (χ0) is 15.5. The molecule has 1 aromatic carbocycles. The number of ether oxygens (including phenoxy) is 1. The first kappa shape index (κ1) is 16.0. The van der Waals surface area contributed by atoms with Crippen molar-refractivity contribution in [2.45, 2.75) is 4.21 Å². The summed E-state index contributed by atoms with van der Waals surface area (Å²) in [5.41, 5.74) is 5.74. The number of anilines is 1. The van der Waals surface area contributed by atoms with E-state index in [4.69, 9.17) is 34.3 Å². The Labute approximate surface area is 136 Å². The van der Waals surface area contributed by atoms with Gasteiger partial charge in [0.15, 0.2) is 0 Å². The number of rotatable bonds is 6. The second kappa shape index (κ2) is 6.61. The number of nitrogens with two attached hydrogens (primary N) is 1. The highest BCUT2D eigenvalue weighted by Gasteiger charge is 2.16. The Morgan fingerprint density at radius 1 is 1.29 bits per heavy atom. The van der Waals surface area contributed by atoms with E-state index in [0.29, 0.717) is 15.8 Å². The Bertz CT molecular complexity index is 741. The molecule has 1 heterocycles. The van der Waals surface area contributed by atoms with Crippen molar-refractivity contribution >= 4 is 55.9 Å². The molecule has 0 bridgehead atoms. The van der Waals surface area contributed by atoms with Crippen LogP contribution in [0.2, 0.25) is 4.34 Å². The minimum atomic E-state index is -3.63. The lowest BCUT2D eigenvalue weighted by atomic mass is 10.3. The van der Waals surface area contributed by atoms with Crippen molar-refractivity contribution < 1.29 is 13.2 Å². The van der Waals surface area contributed by atoms with Crippen LogP contribution in [0.4, 0.5) is 5.69 Å². The van der Waals surface area contributed by atoms with Gasteiger partial charge in [0.25, 0.3) is 10.0 Å². The molecule has 0 radical (unpaired) electrons. The van der Waals surface area contributed by atoms with E-state index in [1.165, 1.54) is 12.1 Å². The van der Waals surface area contributed by atoms with Crippen LogP contribution >= 0.6 is 35.2 Å². The Hall–Kier alpha value is -1.35. The van der Waals surface area contributed by atoms with Gasteiger partial charge in [-0.1, -0.05) is 23.8 Å². The predicted molar refractivity (Wildman–Crippen MR) is 88.9 cm³/mol. The second-order valence-corrected chi connectivity index (χ2v) is 8.09. The monoisotopic (exact) mass is 362 g/mol. The lowest BCUT2D eigenvalue weighted by Gasteiger charge is -2.08. The average molecular weight is 363 g/mol. The van der Waals surface area contributed by atoms with E-state index in [1.54, 1.807) is 24.3 Å². The molecule has 21 heavy (non-hydrogen) atoms. The maximum atomic E-state index is 12.1. The third-order valence-corrected chi connectivity index (χ3v) is 5.52. The fraction of sp³-hybridized carbons (Fsp3) is 0.0833. The third-order valence-electron chi connectivity index (χ3n) is 2.30. The van der Waals surface area contributed by atoms with Gasteiger partial charge in [-0.05, 0) is 36.4 Å². The van der Waals surface area contributed by atoms with Crippen molar-refractivity contribution in [3.8, 4) is 5.75 Å². The van der Waals surface area contributed by atoms with Crippen LogP contribution < -0.4 is 15.2 Å². The van der Waals surface area contributed by atoms with Crippen LogP contribution in [0.25, 0.3) is 0 Å². The summed E-state index contributed by atoms with van der Waals surface area (Å²) in [6.07, 6.45) is 0. The molecule has 0 fully saturated rings. The Morgan fingerprint density at radius 2 is 1.95 bits per heavy atom. The van der Waals surface area contributed by atoms with Gasteiger partial charge in [0.05, 0.1) is 4.34 Å². The molecule has 2 rings (SSSR count). The minimum absolute atomic E-state index is 0.133. The van der Waals surface area contributed by atoms with Crippen molar-refractivity contribution in [1.82, 2.24) is 0 Å². The van der Waals surface area contributed by atoms with Crippen LogP contribution in [0, 0.1) is 0 Å². The summed E-state index contributed by atoms with van der Waals surface area (Å²) in [5.74, 6) is 0.546. The molecule has 112 valence electrons. The average Bonchev–Trinajstić information content (AvgIpc) is 2.85. The van der Waals surface area contributed by atoms with Crippen molar-refractivity contribution in [2.24, 2.45) is 5.73 Å². The summed E-state index contributed by atoms with van der Waals surface area (Å²) in [6.45, 7) is 0.133. The van der Waals surface area contributed by atoms with Crippen LogP contribution in [-0.4, -0.2) is 20.0 Å². The molecule has 0 saturated carbocycles. The number of benzene rings is 1. The molecule has 1 aromatic heterocycles. The summed E-state index contributed by atoms with van der Waals surface area (Å²) in [5, 5.41) is 0. The largest absolute Gasteiger partial charge is 0.487 e. The van der Waals surface area contributed by atoms with Crippen molar-refractivity contribution in [1.29, 1.82) is 0 Å². The van der Waals surface area contributed by atoms with E-state index in [-0.39, 0.29) is 15.8 Å². The summed E-state index contributed by atoms with van der Waals surface area (Å²) in [4.78, 5) is 0.245. The second-order valence-electron chi connectivity index (χ2n) is 3.94. The molecule has 9 heteroatoms. The molecule has 5 nitrogen and oxygen atoms in total. The summed E-state index contributed by atoms with van der Waals surface area (Å²) in [6, 6.07) is 9.40. The molecule has 0 aliphatic rings. The molecular weight excluding hydrogens is 352 g/mol. The topological polar surface area (TPSA) is 81.4 Å². The van der Waals surface area contributed by atoms with Gasteiger partial charge in [-0.15, -0.1) is 11.3 Å². The van der Waals surface area contributed by atoms with E-state index in [9.17, 15) is 8.42 Å². The van der Waals surface area contributed by atoms with Gasteiger partial charge < -0.3 is 10.5 Å². The quantitative estimate of drug-likeness (QED) is 0.772. The number of nitrogens with one attached hydrogen (secondary N) is 1. The van der Waals surface area contributed by atoms with E-state index >= 15 is 0 Å². The normalized spacial score (nSPS) is 11.1. The molecule has 0 spiro atoms. The smallest absolute Gasteiger partial charge is 0.271 e. The highest BCUT2D eigenvalue weighted by atomic mass is 35.5. The van der Waals surface area contributed by atoms with Gasteiger partial charge >= 0.3 is 0 Å². The van der Waals surface area contributed by atoms with E-state index in [2.05, 4.69) is 4.72 Å². The van der Waals surface area contributed by atoms with E-state index in [0.717, 1.165) is 11.3 Å². The van der Waals surface area contributed by atoms with Gasteiger partial charge in [0.1, 0.15) is 21.6 Å². The number of halogens is 1. The number of thiophene rings is 1. The van der Waals surface area contributed by atoms with Crippen molar-refractivity contribution in [3.63, 3.8) is 0 Å². The molecular formula is C12H11ClN2O3S3. The summed E-state index contributed by atoms with van der Waals surface area (Å²) >= 11 is 11.4. The zero-order valence-corrected chi connectivity index (χ0v) is 13.8. The predicted octanol–water partition coefficient (Wildman–Crippen LogP) is 2.87. The van der Waals surface area contributed by atoms with Gasteiger partial charge in [0, 0.05) is 5.69 Å². The first-order valence-corrected chi connectivity index (χ1v) is 8.75.